The molecule has 3 heteroatoms. The Hall–Kier alpha value is 0.293. The molecule has 0 unspecified atom stereocenters. The molecule has 0 radical (unpaired) electrons. The van der Waals surface area contributed by atoms with Crippen molar-refractivity contribution in [1.29, 1.82) is 0 Å². The van der Waals surface area contributed by atoms with Crippen LogP contribution >= 0.6 is 24.8 Å². The Kier molecular flexibility index (Phi) is 19.0. The Balaban J connectivity index is -0.000000184. The van der Waals surface area contributed by atoms with Crippen molar-refractivity contribution in [3.05, 3.63) is 47.1 Å². The Bertz CT molecular complexity index is 293. The summed E-state index contributed by atoms with van der Waals surface area (Å²) in [7, 11) is 0. The van der Waals surface area contributed by atoms with Crippen molar-refractivity contribution in [2.45, 2.75) is 33.6 Å². The van der Waals surface area contributed by atoms with Crippen LogP contribution in [0.1, 0.15) is 33.6 Å². The third kappa shape index (κ3) is 11.1. The molecule has 0 nitrogen and oxygen atoms in total. The van der Waals surface area contributed by atoms with Crippen LogP contribution in [-0.4, -0.2) is 4.21 Å². The van der Waals surface area contributed by atoms with E-state index < -0.39 is 0 Å². The van der Waals surface area contributed by atoms with Gasteiger partial charge in [0.05, 0.1) is 0 Å². The van der Waals surface area contributed by atoms with Gasteiger partial charge in [0.2, 0.25) is 0 Å². The van der Waals surface area contributed by atoms with E-state index in [0.29, 0.717) is 0 Å². The van der Waals surface area contributed by atoms with E-state index in [9.17, 15) is 0 Å². The van der Waals surface area contributed by atoms with Gasteiger partial charge in [0, 0.05) is 0 Å². The summed E-state index contributed by atoms with van der Waals surface area (Å²) in [5.74, 6) is 0. The van der Waals surface area contributed by atoms with Crippen LogP contribution in [0.2, 0.25) is 0 Å². The average molecular weight is 350 g/mol. The van der Waals surface area contributed by atoms with E-state index >= 15 is 0 Å². The molecule has 0 amide bonds. The van der Waals surface area contributed by atoms with Gasteiger partial charge in [-0.15, -0.1) is 51.5 Å². The molecule has 2 rings (SSSR count). The molecule has 0 spiro atoms. The number of rotatable bonds is 0. The maximum atomic E-state index is 3.34. The quantitative estimate of drug-likeness (QED) is 0.561. The Morgan fingerprint density at radius 2 is 1.65 bits per heavy atom. The summed E-state index contributed by atoms with van der Waals surface area (Å²) in [6, 6.07) is 0. The first-order chi connectivity index (χ1) is 7.20. The predicted molar refractivity (Wildman–Crippen MR) is 78.6 cm³/mol. The van der Waals surface area contributed by atoms with E-state index in [1.54, 1.807) is 0 Å². The standard InChI is InChI=1S/C7H9.C6H7.CH2.2ClH.Zr/c1-6-4-3-5-7(6)2;1-6-4-2-3-5-6;;;;/h4H,3H2,1-2H3;4-5H,2H2,1H3;1H2;2*1H;/q2*-1;;;;+2. The van der Waals surface area contributed by atoms with Gasteiger partial charge < -0.3 is 0 Å². The molecular weight excluding hydrogens is 330 g/mol. The predicted octanol–water partition coefficient (Wildman–Crippen LogP) is 4.59. The Morgan fingerprint density at radius 3 is 1.76 bits per heavy atom. The molecule has 0 aromatic rings. The molecule has 0 saturated heterocycles. The number of hydrogen-bond donors (Lipinski definition) is 0. The second-order valence-corrected chi connectivity index (χ2v) is 3.39. The van der Waals surface area contributed by atoms with E-state index in [1.807, 2.05) is 6.08 Å². The van der Waals surface area contributed by atoms with Gasteiger partial charge in [0.25, 0.3) is 0 Å². The molecule has 2 aliphatic rings. The topological polar surface area (TPSA) is 0 Å². The number of halogens is 2. The summed E-state index contributed by atoms with van der Waals surface area (Å²) in [5.41, 5.74) is 4.05. The molecule has 0 N–H and O–H groups in total. The van der Waals surface area contributed by atoms with Crippen LogP contribution < -0.4 is 0 Å². The zero-order chi connectivity index (χ0) is 11.7. The van der Waals surface area contributed by atoms with Crippen LogP contribution in [0.3, 0.4) is 0 Å². The summed E-state index contributed by atoms with van der Waals surface area (Å²) in [6.07, 6.45) is 14.6. The van der Waals surface area contributed by atoms with Gasteiger partial charge in [-0.3, -0.25) is 12.2 Å². The van der Waals surface area contributed by atoms with E-state index in [0.717, 1.165) is 12.8 Å². The minimum atomic E-state index is 0. The summed E-state index contributed by atoms with van der Waals surface area (Å²) in [6.45, 7) is 6.30. The third-order valence-corrected chi connectivity index (χ3v) is 2.24. The maximum absolute atomic E-state index is 3.34. The van der Waals surface area contributed by atoms with Crippen LogP contribution in [0.5, 0.6) is 0 Å². The monoisotopic (exact) mass is 348 g/mol. The van der Waals surface area contributed by atoms with E-state index in [-0.39, 0.29) is 24.8 Å². The van der Waals surface area contributed by atoms with Gasteiger partial charge in [-0.1, -0.05) is 6.92 Å². The second-order valence-electron chi connectivity index (χ2n) is 3.39. The van der Waals surface area contributed by atoms with Crippen LogP contribution in [0, 0.1) is 12.2 Å². The summed E-state index contributed by atoms with van der Waals surface area (Å²) < 4.78 is 3.34. The molecule has 0 saturated carbocycles. The minimum absolute atomic E-state index is 0. The molecule has 0 heterocycles. The molecule has 94 valence electrons. The van der Waals surface area contributed by atoms with Crippen molar-refractivity contribution in [1.82, 2.24) is 0 Å². The van der Waals surface area contributed by atoms with Crippen molar-refractivity contribution in [3.63, 3.8) is 0 Å². The Morgan fingerprint density at radius 1 is 1.06 bits per heavy atom. The summed E-state index contributed by atoms with van der Waals surface area (Å²) in [5, 5.41) is 0. The Labute approximate surface area is 133 Å². The molecule has 0 aliphatic heterocycles. The summed E-state index contributed by atoms with van der Waals surface area (Å²) in [4.78, 5) is 0. The van der Waals surface area contributed by atoms with Gasteiger partial charge in [0.15, 0.2) is 0 Å². The summed E-state index contributed by atoms with van der Waals surface area (Å²) >= 11 is 1.30. The van der Waals surface area contributed by atoms with Gasteiger partial charge in [-0.2, -0.15) is 12.2 Å². The fraction of sp³-hybridized carbons (Fsp3) is 0.357. The third-order valence-electron chi connectivity index (χ3n) is 2.24. The van der Waals surface area contributed by atoms with E-state index in [2.05, 4.69) is 49.3 Å². The molecule has 0 aromatic carbocycles. The number of allylic oxidation sites excluding steroid dienone is 8. The van der Waals surface area contributed by atoms with Crippen molar-refractivity contribution < 1.29 is 24.2 Å². The fourth-order valence-electron chi connectivity index (χ4n) is 1.15. The number of hydrogen-bond acceptors (Lipinski definition) is 0. The van der Waals surface area contributed by atoms with Crippen LogP contribution in [0.25, 0.3) is 0 Å². The van der Waals surface area contributed by atoms with Gasteiger partial charge in [-0.25, -0.2) is 22.8 Å². The van der Waals surface area contributed by atoms with Crippen molar-refractivity contribution in [2.24, 2.45) is 0 Å². The first-order valence-corrected chi connectivity index (χ1v) is 6.77. The van der Waals surface area contributed by atoms with Gasteiger partial charge >= 0.3 is 28.4 Å². The van der Waals surface area contributed by atoms with Crippen LogP contribution in [0.4, 0.5) is 0 Å². The van der Waals surface area contributed by atoms with Crippen LogP contribution in [-0.2, 0) is 24.2 Å². The molecule has 17 heavy (non-hydrogen) atoms. The molecule has 0 atom stereocenters. The first kappa shape index (κ1) is 22.5. The van der Waals surface area contributed by atoms with Crippen molar-refractivity contribution >= 4 is 29.0 Å². The molecule has 2 aliphatic carbocycles. The zero-order valence-corrected chi connectivity index (χ0v) is 14.8. The van der Waals surface area contributed by atoms with Gasteiger partial charge in [-0.05, 0) is 0 Å². The SMILES string of the molecule is CC1=CC[C-]=C1.CC1=[C-]CC=C1C.Cl.Cl.[CH2]=[Zr+2]. The van der Waals surface area contributed by atoms with Crippen molar-refractivity contribution in [2.75, 3.05) is 0 Å². The van der Waals surface area contributed by atoms with Crippen molar-refractivity contribution in [3.8, 4) is 0 Å². The van der Waals surface area contributed by atoms with E-state index in [1.165, 1.54) is 41.0 Å². The molecule has 0 fully saturated rings. The first-order valence-electron chi connectivity index (χ1n) is 5.03. The zero-order valence-electron chi connectivity index (χ0n) is 10.7. The molecule has 0 aromatic heterocycles. The van der Waals surface area contributed by atoms with E-state index in [4.69, 9.17) is 0 Å². The molecular formula is C14H20Cl2Zr. The van der Waals surface area contributed by atoms with Crippen LogP contribution in [0.15, 0.2) is 34.9 Å². The fourth-order valence-corrected chi connectivity index (χ4v) is 1.15. The normalized spacial score (nSPS) is 14.8. The van der Waals surface area contributed by atoms with Gasteiger partial charge in [0.1, 0.15) is 0 Å². The molecule has 0 bridgehead atoms. The average Bonchev–Trinajstić information content (AvgIpc) is 2.84. The second kappa shape index (κ2) is 14.4.